The summed E-state index contributed by atoms with van der Waals surface area (Å²) in [6.45, 7) is 5.99. The first-order chi connectivity index (χ1) is 11.6. The summed E-state index contributed by atoms with van der Waals surface area (Å²) in [6, 6.07) is 8.42. The first-order valence-corrected chi connectivity index (χ1v) is 9.34. The Bertz CT molecular complexity index is 540. The molecule has 25 heavy (non-hydrogen) atoms. The molecule has 1 unspecified atom stereocenters. The minimum atomic E-state index is -0.0130. The van der Waals surface area contributed by atoms with Crippen LogP contribution < -0.4 is 16.0 Å². The monoisotopic (exact) mass is 524 g/mol. The van der Waals surface area contributed by atoms with Gasteiger partial charge in [-0.1, -0.05) is 48.3 Å². The van der Waals surface area contributed by atoms with Crippen LogP contribution in [0.25, 0.3) is 0 Å². The van der Waals surface area contributed by atoms with E-state index in [9.17, 15) is 4.79 Å². The van der Waals surface area contributed by atoms with Crippen molar-refractivity contribution < 1.29 is 4.79 Å². The maximum atomic E-state index is 11.6. The molecule has 0 aliphatic carbocycles. The molecule has 0 bridgehead atoms. The largest absolute Gasteiger partial charge is 0.356 e. The standard InChI is InChI=1S/C18H29BrN4O.HI/c1-4-9-21-17(24)13-23-18(20-3)22-12-14(5-2)10-15-7-6-8-16(19)11-15;/h6-8,11,14H,4-5,9-10,12-13H2,1-3H3,(H,21,24)(H2,20,22,23);1H. The summed E-state index contributed by atoms with van der Waals surface area (Å²) < 4.78 is 1.11. The van der Waals surface area contributed by atoms with Crippen molar-refractivity contribution in [1.82, 2.24) is 16.0 Å². The zero-order chi connectivity index (χ0) is 17.8. The van der Waals surface area contributed by atoms with Gasteiger partial charge in [0.25, 0.3) is 0 Å². The van der Waals surface area contributed by atoms with Gasteiger partial charge in [-0.2, -0.15) is 0 Å². The molecule has 0 spiro atoms. The molecule has 0 heterocycles. The van der Waals surface area contributed by atoms with Crippen molar-refractivity contribution in [3.8, 4) is 0 Å². The van der Waals surface area contributed by atoms with E-state index in [2.05, 4.69) is 62.0 Å². The highest BCUT2D eigenvalue weighted by atomic mass is 127. The number of guanidine groups is 1. The maximum absolute atomic E-state index is 11.6. The summed E-state index contributed by atoms with van der Waals surface area (Å²) in [5.74, 6) is 1.15. The lowest BCUT2D eigenvalue weighted by Gasteiger charge is -2.18. The average Bonchev–Trinajstić information content (AvgIpc) is 2.58. The van der Waals surface area contributed by atoms with E-state index in [1.807, 2.05) is 13.0 Å². The van der Waals surface area contributed by atoms with E-state index in [1.165, 1.54) is 5.56 Å². The molecule has 0 aliphatic heterocycles. The molecular formula is C18H30BrIN4O. The Morgan fingerprint density at radius 2 is 2.00 bits per heavy atom. The molecule has 1 amide bonds. The number of amides is 1. The van der Waals surface area contributed by atoms with Crippen molar-refractivity contribution in [2.24, 2.45) is 10.9 Å². The van der Waals surface area contributed by atoms with Crippen LogP contribution in [0.15, 0.2) is 33.7 Å². The van der Waals surface area contributed by atoms with Crippen molar-refractivity contribution in [1.29, 1.82) is 0 Å². The molecule has 0 saturated carbocycles. The highest BCUT2D eigenvalue weighted by molar-refractivity contribution is 14.0. The van der Waals surface area contributed by atoms with Gasteiger partial charge in [0.15, 0.2) is 5.96 Å². The van der Waals surface area contributed by atoms with Gasteiger partial charge in [-0.15, -0.1) is 24.0 Å². The topological polar surface area (TPSA) is 65.5 Å². The van der Waals surface area contributed by atoms with E-state index in [-0.39, 0.29) is 36.4 Å². The number of nitrogens with zero attached hydrogens (tertiary/aromatic N) is 1. The molecule has 1 aromatic rings. The van der Waals surface area contributed by atoms with Crippen molar-refractivity contribution in [2.45, 2.75) is 33.1 Å². The number of aliphatic imine (C=N–C) groups is 1. The summed E-state index contributed by atoms with van der Waals surface area (Å²) in [5, 5.41) is 9.20. The number of rotatable bonds is 9. The lowest BCUT2D eigenvalue weighted by molar-refractivity contribution is -0.120. The fraction of sp³-hybridized carbons (Fsp3) is 0.556. The quantitative estimate of drug-likeness (QED) is 0.264. The second-order valence-electron chi connectivity index (χ2n) is 5.76. The summed E-state index contributed by atoms with van der Waals surface area (Å²) in [7, 11) is 1.72. The van der Waals surface area contributed by atoms with Gasteiger partial charge in [-0.3, -0.25) is 9.79 Å². The molecule has 0 fully saturated rings. The van der Waals surface area contributed by atoms with Crippen LogP contribution >= 0.6 is 39.9 Å². The highest BCUT2D eigenvalue weighted by Crippen LogP contribution is 2.16. The molecule has 5 nitrogen and oxygen atoms in total. The predicted molar refractivity (Wildman–Crippen MR) is 120 cm³/mol. The third kappa shape index (κ3) is 10.7. The van der Waals surface area contributed by atoms with E-state index >= 15 is 0 Å². The lowest BCUT2D eigenvalue weighted by atomic mass is 9.97. The molecule has 142 valence electrons. The normalized spacial score (nSPS) is 12.1. The van der Waals surface area contributed by atoms with E-state index in [0.29, 0.717) is 18.4 Å². The number of halogens is 2. The summed E-state index contributed by atoms with van der Waals surface area (Å²) in [6.07, 6.45) is 3.02. The minimum absolute atomic E-state index is 0. The second kappa shape index (κ2) is 14.4. The van der Waals surface area contributed by atoms with Crippen LogP contribution in [-0.4, -0.2) is 38.5 Å². The van der Waals surface area contributed by atoms with E-state index in [4.69, 9.17) is 0 Å². The van der Waals surface area contributed by atoms with Crippen LogP contribution in [0.2, 0.25) is 0 Å². The van der Waals surface area contributed by atoms with Gasteiger partial charge in [-0.05, 0) is 36.5 Å². The van der Waals surface area contributed by atoms with Gasteiger partial charge < -0.3 is 16.0 Å². The van der Waals surface area contributed by atoms with Crippen LogP contribution in [0.3, 0.4) is 0 Å². The zero-order valence-corrected chi connectivity index (χ0v) is 19.2. The third-order valence-electron chi connectivity index (χ3n) is 3.76. The molecule has 0 aromatic heterocycles. The Balaban J connectivity index is 0.00000576. The molecule has 0 saturated heterocycles. The molecule has 1 rings (SSSR count). The number of hydrogen-bond donors (Lipinski definition) is 3. The number of carbonyl (C=O) groups excluding carboxylic acids is 1. The molecular weight excluding hydrogens is 495 g/mol. The van der Waals surface area contributed by atoms with Crippen molar-refractivity contribution in [3.05, 3.63) is 34.3 Å². The Kier molecular flexibility index (Phi) is 13.9. The van der Waals surface area contributed by atoms with Gasteiger partial charge in [0, 0.05) is 24.6 Å². The van der Waals surface area contributed by atoms with Crippen molar-refractivity contribution >= 4 is 51.8 Å². The summed E-state index contributed by atoms with van der Waals surface area (Å²) in [5.41, 5.74) is 1.32. The van der Waals surface area contributed by atoms with Gasteiger partial charge in [0.05, 0.1) is 6.54 Å². The fourth-order valence-electron chi connectivity index (χ4n) is 2.31. The van der Waals surface area contributed by atoms with Gasteiger partial charge >= 0.3 is 0 Å². The molecule has 0 aliphatic rings. The molecule has 7 heteroatoms. The fourth-order valence-corrected chi connectivity index (χ4v) is 2.76. The van der Waals surface area contributed by atoms with Crippen LogP contribution in [0.5, 0.6) is 0 Å². The Labute approximate surface area is 177 Å². The maximum Gasteiger partial charge on any atom is 0.239 e. The lowest BCUT2D eigenvalue weighted by Crippen LogP contribution is -2.44. The van der Waals surface area contributed by atoms with Crippen molar-refractivity contribution in [2.75, 3.05) is 26.7 Å². The molecule has 1 atom stereocenters. The smallest absolute Gasteiger partial charge is 0.239 e. The molecule has 3 N–H and O–H groups in total. The second-order valence-corrected chi connectivity index (χ2v) is 6.68. The Hall–Kier alpha value is -0.830. The number of hydrogen-bond acceptors (Lipinski definition) is 2. The number of benzene rings is 1. The first-order valence-electron chi connectivity index (χ1n) is 8.54. The Morgan fingerprint density at radius 1 is 1.24 bits per heavy atom. The SMILES string of the molecule is CCCNC(=O)CNC(=NC)NCC(CC)Cc1cccc(Br)c1.I. The van der Waals surface area contributed by atoms with Crippen molar-refractivity contribution in [3.63, 3.8) is 0 Å². The predicted octanol–water partition coefficient (Wildman–Crippen LogP) is 3.33. The minimum Gasteiger partial charge on any atom is -0.356 e. The zero-order valence-electron chi connectivity index (χ0n) is 15.3. The summed E-state index contributed by atoms with van der Waals surface area (Å²) >= 11 is 3.52. The van der Waals surface area contributed by atoms with E-state index in [0.717, 1.165) is 30.3 Å². The third-order valence-corrected chi connectivity index (χ3v) is 4.25. The number of nitrogens with one attached hydrogen (secondary N) is 3. The van der Waals surface area contributed by atoms with Crippen LogP contribution in [0.1, 0.15) is 32.3 Å². The van der Waals surface area contributed by atoms with Gasteiger partial charge in [-0.25, -0.2) is 0 Å². The highest BCUT2D eigenvalue weighted by Gasteiger charge is 2.10. The molecule has 0 radical (unpaired) electrons. The van der Waals surface area contributed by atoms with E-state index in [1.54, 1.807) is 7.05 Å². The van der Waals surface area contributed by atoms with E-state index < -0.39 is 0 Å². The first kappa shape index (κ1) is 24.2. The van der Waals surface area contributed by atoms with Gasteiger partial charge in [0.1, 0.15) is 0 Å². The van der Waals surface area contributed by atoms with Crippen LogP contribution in [-0.2, 0) is 11.2 Å². The van der Waals surface area contributed by atoms with Crippen LogP contribution in [0, 0.1) is 5.92 Å². The van der Waals surface area contributed by atoms with Crippen LogP contribution in [0.4, 0.5) is 0 Å². The average molecular weight is 525 g/mol. The number of carbonyl (C=O) groups is 1. The van der Waals surface area contributed by atoms with Gasteiger partial charge in [0.2, 0.25) is 5.91 Å². The Morgan fingerprint density at radius 3 is 2.60 bits per heavy atom. The summed E-state index contributed by atoms with van der Waals surface area (Å²) in [4.78, 5) is 15.8. The molecule has 1 aromatic carbocycles.